The van der Waals surface area contributed by atoms with E-state index in [9.17, 15) is 13.2 Å². The summed E-state index contributed by atoms with van der Waals surface area (Å²) in [5.74, 6) is -0.537. The topological polar surface area (TPSA) is 89.3 Å². The lowest BCUT2D eigenvalue weighted by molar-refractivity contribution is -0.113. The van der Waals surface area contributed by atoms with E-state index in [0.717, 1.165) is 15.6 Å². The van der Waals surface area contributed by atoms with Gasteiger partial charge in [-0.2, -0.15) is 0 Å². The summed E-state index contributed by atoms with van der Waals surface area (Å²) in [7, 11) is -3.64. The molecule has 7 heteroatoms. The molecule has 3 N–H and O–H groups in total. The van der Waals surface area contributed by atoms with Crippen LogP contribution in [0.2, 0.25) is 0 Å². The molecule has 2 aromatic carbocycles. The zero-order valence-electron chi connectivity index (χ0n) is 12.5. The highest BCUT2D eigenvalue weighted by Crippen LogP contribution is 2.30. The minimum absolute atomic E-state index is 0.265. The summed E-state index contributed by atoms with van der Waals surface area (Å²) in [6.07, 6.45) is 2.81. The Balaban J connectivity index is 1.82. The van der Waals surface area contributed by atoms with Crippen molar-refractivity contribution in [2.45, 2.75) is 4.21 Å². The van der Waals surface area contributed by atoms with Crippen LogP contribution in [-0.2, 0) is 14.8 Å². The van der Waals surface area contributed by atoms with E-state index in [1.807, 2.05) is 24.3 Å². The van der Waals surface area contributed by atoms with Gasteiger partial charge < -0.3 is 5.73 Å². The molecule has 0 aliphatic carbocycles. The molecule has 0 saturated heterocycles. The maximum atomic E-state index is 12.5. The second kappa shape index (κ2) is 6.46. The van der Waals surface area contributed by atoms with Gasteiger partial charge in [0.15, 0.2) is 0 Å². The van der Waals surface area contributed by atoms with Gasteiger partial charge in [-0.3, -0.25) is 9.52 Å². The summed E-state index contributed by atoms with van der Waals surface area (Å²) >= 11 is 1.22. The van der Waals surface area contributed by atoms with Crippen molar-refractivity contribution < 1.29 is 13.2 Å². The Kier molecular flexibility index (Phi) is 4.37. The standard InChI is InChI=1S/C17H14N2O3S2/c18-16(20)10-7-12-5-8-14(9-6-12)19-24(21,22)17-11-13-3-1-2-4-15(13)23-17/h1-11,19H,(H2,18,20). The number of amides is 1. The Labute approximate surface area is 143 Å². The second-order valence-corrected chi connectivity index (χ2v) is 8.06. The van der Waals surface area contributed by atoms with Crippen molar-refractivity contribution in [2.75, 3.05) is 4.72 Å². The number of sulfonamides is 1. The Morgan fingerprint density at radius 2 is 1.79 bits per heavy atom. The SMILES string of the molecule is NC(=O)C=Cc1ccc(NS(=O)(=O)c2cc3ccccc3s2)cc1. The van der Waals surface area contributed by atoms with E-state index in [1.165, 1.54) is 17.4 Å². The number of rotatable bonds is 5. The summed E-state index contributed by atoms with van der Waals surface area (Å²) in [6, 6.07) is 15.8. The number of carbonyl (C=O) groups excluding carboxylic acids is 1. The lowest BCUT2D eigenvalue weighted by atomic mass is 10.2. The molecule has 122 valence electrons. The average molecular weight is 358 g/mol. The van der Waals surface area contributed by atoms with Crippen molar-refractivity contribution in [2.24, 2.45) is 5.73 Å². The summed E-state index contributed by atoms with van der Waals surface area (Å²) in [6.45, 7) is 0. The van der Waals surface area contributed by atoms with E-state index >= 15 is 0 Å². The predicted molar refractivity (Wildman–Crippen MR) is 97.3 cm³/mol. The van der Waals surface area contributed by atoms with Gasteiger partial charge in [0.1, 0.15) is 4.21 Å². The fourth-order valence-corrected chi connectivity index (χ4v) is 4.59. The van der Waals surface area contributed by atoms with Gasteiger partial charge >= 0.3 is 0 Å². The van der Waals surface area contributed by atoms with Gasteiger partial charge in [-0.05, 0) is 41.3 Å². The van der Waals surface area contributed by atoms with Crippen LogP contribution in [0.4, 0.5) is 5.69 Å². The number of benzene rings is 2. The number of primary amides is 1. The van der Waals surface area contributed by atoms with Gasteiger partial charge in [0, 0.05) is 16.5 Å². The Morgan fingerprint density at radius 3 is 2.46 bits per heavy atom. The van der Waals surface area contributed by atoms with E-state index in [0.29, 0.717) is 5.69 Å². The molecule has 0 bridgehead atoms. The highest BCUT2D eigenvalue weighted by atomic mass is 32.2. The molecular weight excluding hydrogens is 344 g/mol. The minimum Gasteiger partial charge on any atom is -0.366 e. The van der Waals surface area contributed by atoms with Gasteiger partial charge in [0.2, 0.25) is 5.91 Å². The number of carbonyl (C=O) groups is 1. The monoisotopic (exact) mass is 358 g/mol. The first kappa shape index (κ1) is 16.2. The van der Waals surface area contributed by atoms with Gasteiger partial charge in [0.05, 0.1) is 0 Å². The maximum absolute atomic E-state index is 12.5. The number of nitrogens with two attached hydrogens (primary N) is 1. The lowest BCUT2D eigenvalue weighted by Gasteiger charge is -2.06. The van der Waals surface area contributed by atoms with Gasteiger partial charge in [-0.25, -0.2) is 8.42 Å². The van der Waals surface area contributed by atoms with Crippen LogP contribution in [0, 0.1) is 0 Å². The lowest BCUT2D eigenvalue weighted by Crippen LogP contribution is -2.11. The first-order valence-electron chi connectivity index (χ1n) is 7.03. The molecule has 0 atom stereocenters. The first-order valence-corrected chi connectivity index (χ1v) is 9.33. The molecule has 0 aliphatic heterocycles. The van der Waals surface area contributed by atoms with Crippen molar-refractivity contribution in [3.05, 3.63) is 66.2 Å². The molecule has 1 amide bonds. The third kappa shape index (κ3) is 3.64. The molecule has 24 heavy (non-hydrogen) atoms. The molecule has 0 fully saturated rings. The first-order chi connectivity index (χ1) is 11.4. The molecule has 0 spiro atoms. The third-order valence-electron chi connectivity index (χ3n) is 3.27. The number of nitrogens with one attached hydrogen (secondary N) is 1. The number of fused-ring (bicyclic) bond motifs is 1. The van der Waals surface area contributed by atoms with Gasteiger partial charge in [-0.15, -0.1) is 11.3 Å². The highest BCUT2D eigenvalue weighted by Gasteiger charge is 2.17. The maximum Gasteiger partial charge on any atom is 0.271 e. The zero-order chi connectivity index (χ0) is 17.2. The number of hydrogen-bond donors (Lipinski definition) is 2. The molecule has 0 radical (unpaired) electrons. The minimum atomic E-state index is -3.64. The quantitative estimate of drug-likeness (QED) is 0.686. The summed E-state index contributed by atoms with van der Waals surface area (Å²) in [5.41, 5.74) is 6.23. The van der Waals surface area contributed by atoms with Crippen molar-refractivity contribution >= 4 is 49.1 Å². The van der Waals surface area contributed by atoms with Crippen LogP contribution in [-0.4, -0.2) is 14.3 Å². The number of anilines is 1. The van der Waals surface area contributed by atoms with Crippen molar-refractivity contribution in [3.8, 4) is 0 Å². The third-order valence-corrected chi connectivity index (χ3v) is 6.24. The van der Waals surface area contributed by atoms with E-state index in [-0.39, 0.29) is 4.21 Å². The fraction of sp³-hybridized carbons (Fsp3) is 0. The largest absolute Gasteiger partial charge is 0.366 e. The normalized spacial score (nSPS) is 11.8. The van der Waals surface area contributed by atoms with E-state index in [2.05, 4.69) is 4.72 Å². The average Bonchev–Trinajstić information content (AvgIpc) is 2.99. The number of thiophene rings is 1. The second-order valence-electron chi connectivity index (χ2n) is 5.07. The van der Waals surface area contributed by atoms with Crippen LogP contribution in [0.15, 0.2) is 64.9 Å². The van der Waals surface area contributed by atoms with Crippen LogP contribution >= 0.6 is 11.3 Å². The Morgan fingerprint density at radius 1 is 1.08 bits per heavy atom. The molecule has 1 aromatic heterocycles. The smallest absolute Gasteiger partial charge is 0.271 e. The molecule has 3 rings (SSSR count). The summed E-state index contributed by atoms with van der Waals surface area (Å²) < 4.78 is 28.7. The van der Waals surface area contributed by atoms with Crippen LogP contribution in [0.3, 0.4) is 0 Å². The summed E-state index contributed by atoms with van der Waals surface area (Å²) in [5, 5.41) is 0.898. The molecule has 0 saturated carbocycles. The highest BCUT2D eigenvalue weighted by molar-refractivity contribution is 7.94. The van der Waals surface area contributed by atoms with Crippen LogP contribution in [0.25, 0.3) is 16.2 Å². The molecule has 0 aliphatic rings. The zero-order valence-corrected chi connectivity index (χ0v) is 14.1. The van der Waals surface area contributed by atoms with E-state index in [4.69, 9.17) is 5.73 Å². The summed E-state index contributed by atoms with van der Waals surface area (Å²) in [4.78, 5) is 10.7. The Hall–Kier alpha value is -2.64. The molecule has 5 nitrogen and oxygen atoms in total. The van der Waals surface area contributed by atoms with E-state index < -0.39 is 15.9 Å². The molecule has 1 heterocycles. The number of hydrogen-bond acceptors (Lipinski definition) is 4. The van der Waals surface area contributed by atoms with Gasteiger partial charge in [-0.1, -0.05) is 30.3 Å². The van der Waals surface area contributed by atoms with Crippen molar-refractivity contribution in [1.29, 1.82) is 0 Å². The fourth-order valence-electron chi connectivity index (χ4n) is 2.14. The van der Waals surface area contributed by atoms with Crippen molar-refractivity contribution in [1.82, 2.24) is 0 Å². The van der Waals surface area contributed by atoms with Crippen molar-refractivity contribution in [3.63, 3.8) is 0 Å². The van der Waals surface area contributed by atoms with E-state index in [1.54, 1.807) is 36.4 Å². The van der Waals surface area contributed by atoms with Crippen LogP contribution in [0.1, 0.15) is 5.56 Å². The predicted octanol–water partition coefficient (Wildman–Crippen LogP) is 3.20. The molecule has 0 unspecified atom stereocenters. The molecular formula is C17H14N2O3S2. The molecule has 3 aromatic rings. The Bertz CT molecular complexity index is 986. The van der Waals surface area contributed by atoms with Crippen LogP contribution in [0.5, 0.6) is 0 Å². The van der Waals surface area contributed by atoms with Crippen LogP contribution < -0.4 is 10.5 Å². The van der Waals surface area contributed by atoms with Gasteiger partial charge in [0.25, 0.3) is 10.0 Å².